The van der Waals surface area contributed by atoms with Crippen molar-refractivity contribution >= 4 is 0 Å². The molecule has 1 rings (SSSR count). The Hall–Kier alpha value is -1.56. The maximum atomic E-state index is 12.1. The summed E-state index contributed by atoms with van der Waals surface area (Å²) in [6.07, 6.45) is -2.86. The second-order valence-electron chi connectivity index (χ2n) is 2.73. The molecule has 0 spiro atoms. The SMILES string of the molecule is N[C@H](c1ccc(O)c(O)c1O)C(F)F. The Kier molecular flexibility index (Phi) is 2.76. The number of aromatic hydroxyl groups is 3. The maximum Gasteiger partial charge on any atom is 0.257 e. The lowest BCUT2D eigenvalue weighted by molar-refractivity contribution is 0.115. The van der Waals surface area contributed by atoms with Gasteiger partial charge in [0.15, 0.2) is 11.5 Å². The van der Waals surface area contributed by atoms with E-state index in [0.29, 0.717) is 0 Å². The van der Waals surface area contributed by atoms with Crippen molar-refractivity contribution in [1.29, 1.82) is 0 Å². The van der Waals surface area contributed by atoms with Crippen LogP contribution >= 0.6 is 0 Å². The summed E-state index contributed by atoms with van der Waals surface area (Å²) in [6.45, 7) is 0. The quantitative estimate of drug-likeness (QED) is 0.544. The normalized spacial score (nSPS) is 13.1. The van der Waals surface area contributed by atoms with Gasteiger partial charge in [0.1, 0.15) is 0 Å². The lowest BCUT2D eigenvalue weighted by atomic mass is 10.1. The van der Waals surface area contributed by atoms with Crippen molar-refractivity contribution < 1.29 is 24.1 Å². The molecule has 5 N–H and O–H groups in total. The molecule has 1 aromatic carbocycles. The van der Waals surface area contributed by atoms with Gasteiger partial charge in [-0.2, -0.15) is 0 Å². The van der Waals surface area contributed by atoms with Crippen LogP contribution in [0.25, 0.3) is 0 Å². The number of alkyl halides is 2. The second kappa shape index (κ2) is 3.67. The molecule has 0 aliphatic carbocycles. The van der Waals surface area contributed by atoms with Crippen LogP contribution in [0.4, 0.5) is 8.78 Å². The molecule has 4 nitrogen and oxygen atoms in total. The standard InChI is InChI=1S/C8H9F2NO3/c9-8(10)5(11)3-1-2-4(12)7(14)6(3)13/h1-2,5,8,12-14H,11H2/t5-/m1/s1. The van der Waals surface area contributed by atoms with Crippen LogP contribution in [0.3, 0.4) is 0 Å². The summed E-state index contributed by atoms with van der Waals surface area (Å²) in [5.74, 6) is -2.26. The third-order valence-electron chi connectivity index (χ3n) is 1.79. The minimum atomic E-state index is -2.86. The van der Waals surface area contributed by atoms with Crippen LogP contribution in [0.5, 0.6) is 17.2 Å². The molecule has 0 fully saturated rings. The van der Waals surface area contributed by atoms with Crippen LogP contribution < -0.4 is 5.73 Å². The highest BCUT2D eigenvalue weighted by Gasteiger charge is 2.23. The number of hydrogen-bond donors (Lipinski definition) is 4. The number of rotatable bonds is 2. The van der Waals surface area contributed by atoms with E-state index in [1.54, 1.807) is 0 Å². The van der Waals surface area contributed by atoms with Crippen molar-refractivity contribution in [3.63, 3.8) is 0 Å². The van der Waals surface area contributed by atoms with Gasteiger partial charge < -0.3 is 21.1 Å². The zero-order chi connectivity index (χ0) is 10.9. The average molecular weight is 205 g/mol. The molecule has 1 atom stereocenters. The third kappa shape index (κ3) is 1.69. The molecule has 0 aliphatic heterocycles. The highest BCUT2D eigenvalue weighted by molar-refractivity contribution is 5.54. The van der Waals surface area contributed by atoms with Crippen LogP contribution in [-0.4, -0.2) is 21.7 Å². The van der Waals surface area contributed by atoms with E-state index in [9.17, 15) is 13.9 Å². The molecule has 78 valence electrons. The van der Waals surface area contributed by atoms with Gasteiger partial charge in [-0.05, 0) is 12.1 Å². The predicted octanol–water partition coefficient (Wildman–Crippen LogP) is 1.07. The summed E-state index contributed by atoms with van der Waals surface area (Å²) in [4.78, 5) is 0. The Labute approximate surface area is 78.2 Å². The number of halogens is 2. The number of nitrogens with two attached hydrogens (primary N) is 1. The van der Waals surface area contributed by atoms with E-state index in [-0.39, 0.29) is 5.56 Å². The van der Waals surface area contributed by atoms with Crippen LogP contribution in [0, 0.1) is 0 Å². The topological polar surface area (TPSA) is 86.7 Å². The van der Waals surface area contributed by atoms with Crippen molar-refractivity contribution in [3.05, 3.63) is 17.7 Å². The number of phenols is 3. The molecule has 0 aliphatic rings. The molecule has 0 unspecified atom stereocenters. The Morgan fingerprint density at radius 1 is 1.07 bits per heavy atom. The minimum Gasteiger partial charge on any atom is -0.504 e. The van der Waals surface area contributed by atoms with Gasteiger partial charge >= 0.3 is 0 Å². The van der Waals surface area contributed by atoms with Crippen molar-refractivity contribution in [2.24, 2.45) is 5.73 Å². The van der Waals surface area contributed by atoms with E-state index in [2.05, 4.69) is 0 Å². The summed E-state index contributed by atoms with van der Waals surface area (Å²) in [5.41, 5.74) is 4.74. The van der Waals surface area contributed by atoms with Gasteiger partial charge in [-0.1, -0.05) is 0 Å². The average Bonchev–Trinajstić information content (AvgIpc) is 2.13. The Balaban J connectivity index is 3.17. The molecule has 6 heteroatoms. The molecular weight excluding hydrogens is 196 g/mol. The van der Waals surface area contributed by atoms with Crippen molar-refractivity contribution in [3.8, 4) is 17.2 Å². The van der Waals surface area contributed by atoms with Crippen LogP contribution in [0.15, 0.2) is 12.1 Å². The summed E-state index contributed by atoms with van der Waals surface area (Å²) in [6, 6.07) is 0.315. The highest BCUT2D eigenvalue weighted by Crippen LogP contribution is 2.40. The first-order valence-electron chi connectivity index (χ1n) is 3.72. The van der Waals surface area contributed by atoms with Crippen LogP contribution in [0.1, 0.15) is 11.6 Å². The summed E-state index contributed by atoms with van der Waals surface area (Å²) in [5, 5.41) is 27.1. The van der Waals surface area contributed by atoms with Gasteiger partial charge in [0, 0.05) is 5.56 Å². The molecule has 0 radical (unpaired) electrons. The molecule has 1 aromatic rings. The van der Waals surface area contributed by atoms with Crippen LogP contribution in [-0.2, 0) is 0 Å². The van der Waals surface area contributed by atoms with E-state index in [1.165, 1.54) is 0 Å². The zero-order valence-electron chi connectivity index (χ0n) is 6.98. The van der Waals surface area contributed by atoms with Gasteiger partial charge in [0.05, 0.1) is 6.04 Å². The molecule has 0 aromatic heterocycles. The molecule has 0 saturated heterocycles. The summed E-state index contributed by atoms with van der Waals surface area (Å²) < 4.78 is 24.3. The molecule has 0 bridgehead atoms. The first-order chi connectivity index (χ1) is 6.45. The van der Waals surface area contributed by atoms with Crippen molar-refractivity contribution in [2.75, 3.05) is 0 Å². The molecule has 14 heavy (non-hydrogen) atoms. The molecular formula is C8H9F2NO3. The monoisotopic (exact) mass is 205 g/mol. The predicted molar refractivity (Wildman–Crippen MR) is 44.4 cm³/mol. The Morgan fingerprint density at radius 3 is 2.14 bits per heavy atom. The Morgan fingerprint density at radius 2 is 1.64 bits per heavy atom. The highest BCUT2D eigenvalue weighted by atomic mass is 19.3. The third-order valence-corrected chi connectivity index (χ3v) is 1.79. The largest absolute Gasteiger partial charge is 0.504 e. The lowest BCUT2D eigenvalue weighted by Gasteiger charge is -2.13. The smallest absolute Gasteiger partial charge is 0.257 e. The van der Waals surface area contributed by atoms with Gasteiger partial charge in [-0.15, -0.1) is 0 Å². The fourth-order valence-corrected chi connectivity index (χ4v) is 0.989. The number of benzene rings is 1. The van der Waals surface area contributed by atoms with E-state index in [1.807, 2.05) is 0 Å². The zero-order valence-corrected chi connectivity index (χ0v) is 6.98. The number of phenolic OH excluding ortho intramolecular Hbond substituents is 3. The van der Waals surface area contributed by atoms with Gasteiger partial charge in [-0.25, -0.2) is 8.78 Å². The van der Waals surface area contributed by atoms with E-state index in [4.69, 9.17) is 15.9 Å². The number of hydrogen-bond acceptors (Lipinski definition) is 4. The van der Waals surface area contributed by atoms with E-state index >= 15 is 0 Å². The first-order valence-corrected chi connectivity index (χ1v) is 3.72. The van der Waals surface area contributed by atoms with Gasteiger partial charge in [0.25, 0.3) is 6.43 Å². The van der Waals surface area contributed by atoms with Gasteiger partial charge in [0.2, 0.25) is 5.75 Å². The van der Waals surface area contributed by atoms with Crippen molar-refractivity contribution in [1.82, 2.24) is 0 Å². The van der Waals surface area contributed by atoms with Crippen molar-refractivity contribution in [2.45, 2.75) is 12.5 Å². The first kappa shape index (κ1) is 10.5. The Bertz CT molecular complexity index is 344. The fourth-order valence-electron chi connectivity index (χ4n) is 0.989. The fraction of sp³-hybridized carbons (Fsp3) is 0.250. The summed E-state index contributed by atoms with van der Waals surface area (Å²) in [7, 11) is 0. The lowest BCUT2D eigenvalue weighted by Crippen LogP contribution is -2.18. The second-order valence-corrected chi connectivity index (χ2v) is 2.73. The summed E-state index contributed by atoms with van der Waals surface area (Å²) >= 11 is 0. The molecule has 0 saturated carbocycles. The molecule has 0 amide bonds. The van der Waals surface area contributed by atoms with E-state index in [0.717, 1.165) is 12.1 Å². The van der Waals surface area contributed by atoms with Crippen LogP contribution in [0.2, 0.25) is 0 Å². The van der Waals surface area contributed by atoms with E-state index < -0.39 is 29.7 Å². The molecule has 0 heterocycles. The van der Waals surface area contributed by atoms with Gasteiger partial charge in [-0.3, -0.25) is 0 Å². The minimum absolute atomic E-state index is 0.310. The maximum absolute atomic E-state index is 12.1.